The molecule has 0 atom stereocenters. The number of aromatic amines is 1. The molecule has 0 radical (unpaired) electrons. The second-order valence-electron chi connectivity index (χ2n) is 8.33. The zero-order chi connectivity index (χ0) is 21.4. The van der Waals surface area contributed by atoms with Gasteiger partial charge in [-0.1, -0.05) is 30.3 Å². The molecule has 1 aromatic carbocycles. The number of benzene rings is 1. The van der Waals surface area contributed by atoms with Crippen molar-refractivity contribution in [2.24, 2.45) is 0 Å². The minimum absolute atomic E-state index is 0.0133. The Labute approximate surface area is 185 Å². The third-order valence-electron chi connectivity index (χ3n) is 6.27. The van der Waals surface area contributed by atoms with Crippen molar-refractivity contribution in [3.8, 4) is 10.6 Å². The van der Waals surface area contributed by atoms with Crippen molar-refractivity contribution < 1.29 is 9.59 Å². The van der Waals surface area contributed by atoms with Crippen LogP contribution in [0.5, 0.6) is 0 Å². The molecule has 1 saturated heterocycles. The fourth-order valence-electron chi connectivity index (χ4n) is 4.58. The van der Waals surface area contributed by atoms with Gasteiger partial charge in [0.15, 0.2) is 5.78 Å². The van der Waals surface area contributed by atoms with Gasteiger partial charge in [0.25, 0.3) is 5.91 Å². The van der Waals surface area contributed by atoms with Crippen LogP contribution in [0.2, 0.25) is 0 Å². The van der Waals surface area contributed by atoms with E-state index in [0.717, 1.165) is 65.6 Å². The summed E-state index contributed by atoms with van der Waals surface area (Å²) in [5.41, 5.74) is 5.34. The summed E-state index contributed by atoms with van der Waals surface area (Å²) in [4.78, 5) is 37.7. The van der Waals surface area contributed by atoms with Crippen molar-refractivity contribution >= 4 is 23.0 Å². The van der Waals surface area contributed by atoms with Crippen LogP contribution in [0, 0.1) is 6.92 Å². The largest absolute Gasteiger partial charge is 0.354 e. The van der Waals surface area contributed by atoms with Crippen molar-refractivity contribution in [2.75, 3.05) is 26.2 Å². The van der Waals surface area contributed by atoms with Crippen molar-refractivity contribution in [2.45, 2.75) is 32.7 Å². The highest BCUT2D eigenvalue weighted by molar-refractivity contribution is 7.13. The SMILES string of the molecule is Cc1c(C(=O)N2CCN(Cc3csc(-c4ccccc4)n3)CC2)[nH]c2c1C(=O)CCC2. The summed E-state index contributed by atoms with van der Waals surface area (Å²) in [5, 5.41) is 3.18. The predicted octanol–water partition coefficient (Wildman–Crippen LogP) is 3.92. The smallest absolute Gasteiger partial charge is 0.270 e. The molecule has 2 aromatic heterocycles. The maximum Gasteiger partial charge on any atom is 0.270 e. The molecule has 0 spiro atoms. The van der Waals surface area contributed by atoms with E-state index in [0.29, 0.717) is 25.2 Å². The molecule has 1 amide bonds. The highest BCUT2D eigenvalue weighted by Gasteiger charge is 2.30. The monoisotopic (exact) mass is 434 g/mol. The van der Waals surface area contributed by atoms with E-state index in [1.807, 2.05) is 30.0 Å². The van der Waals surface area contributed by atoms with Crippen LogP contribution in [0.3, 0.4) is 0 Å². The number of hydrogen-bond donors (Lipinski definition) is 1. The summed E-state index contributed by atoms with van der Waals surface area (Å²) in [6.45, 7) is 5.71. The van der Waals surface area contributed by atoms with E-state index in [4.69, 9.17) is 4.98 Å². The Morgan fingerprint density at radius 3 is 2.65 bits per heavy atom. The average molecular weight is 435 g/mol. The van der Waals surface area contributed by atoms with Gasteiger partial charge in [0.2, 0.25) is 0 Å². The van der Waals surface area contributed by atoms with Crippen molar-refractivity contribution in [3.05, 3.63) is 63.9 Å². The van der Waals surface area contributed by atoms with E-state index in [-0.39, 0.29) is 11.7 Å². The van der Waals surface area contributed by atoms with Crippen LogP contribution in [0.15, 0.2) is 35.7 Å². The van der Waals surface area contributed by atoms with Gasteiger partial charge in [0.05, 0.1) is 5.69 Å². The summed E-state index contributed by atoms with van der Waals surface area (Å²) in [6, 6.07) is 10.2. The molecule has 3 aromatic rings. The number of ketones is 1. The molecule has 3 heterocycles. The summed E-state index contributed by atoms with van der Waals surface area (Å²) in [6.07, 6.45) is 2.29. The summed E-state index contributed by atoms with van der Waals surface area (Å²) < 4.78 is 0. The molecule has 0 unspecified atom stereocenters. The third kappa shape index (κ3) is 3.95. The van der Waals surface area contributed by atoms with Crippen LogP contribution in [-0.2, 0) is 13.0 Å². The minimum atomic E-state index is 0.0133. The molecule has 31 heavy (non-hydrogen) atoms. The van der Waals surface area contributed by atoms with E-state index in [1.165, 1.54) is 0 Å². The van der Waals surface area contributed by atoms with Crippen molar-refractivity contribution in [3.63, 3.8) is 0 Å². The molecular weight excluding hydrogens is 408 g/mol. The Morgan fingerprint density at radius 2 is 1.90 bits per heavy atom. The zero-order valence-electron chi connectivity index (χ0n) is 17.7. The molecule has 2 aliphatic rings. The molecule has 0 bridgehead atoms. The molecule has 6 nitrogen and oxygen atoms in total. The Morgan fingerprint density at radius 1 is 1.13 bits per heavy atom. The number of thiazole rings is 1. The van der Waals surface area contributed by atoms with Gasteiger partial charge in [-0.3, -0.25) is 14.5 Å². The molecule has 7 heteroatoms. The molecule has 1 N–H and O–H groups in total. The van der Waals surface area contributed by atoms with Gasteiger partial charge in [-0.05, 0) is 25.3 Å². The maximum absolute atomic E-state index is 13.1. The lowest BCUT2D eigenvalue weighted by Gasteiger charge is -2.34. The van der Waals surface area contributed by atoms with Crippen LogP contribution in [0.4, 0.5) is 0 Å². The van der Waals surface area contributed by atoms with Gasteiger partial charge in [-0.15, -0.1) is 11.3 Å². The molecule has 1 fully saturated rings. The number of piperazine rings is 1. The number of carbonyl (C=O) groups is 2. The summed E-state index contributed by atoms with van der Waals surface area (Å²) >= 11 is 1.67. The number of nitrogens with one attached hydrogen (secondary N) is 1. The number of hydrogen-bond acceptors (Lipinski definition) is 5. The van der Waals surface area contributed by atoms with E-state index in [1.54, 1.807) is 11.3 Å². The Kier molecular flexibility index (Phi) is 5.46. The Balaban J connectivity index is 1.21. The summed E-state index contributed by atoms with van der Waals surface area (Å²) in [5.74, 6) is 0.177. The Hall–Kier alpha value is -2.77. The number of nitrogens with zero attached hydrogens (tertiary/aromatic N) is 3. The van der Waals surface area contributed by atoms with Crippen LogP contribution >= 0.6 is 11.3 Å². The van der Waals surface area contributed by atoms with Crippen LogP contribution in [-0.4, -0.2) is 57.6 Å². The van der Waals surface area contributed by atoms with Gasteiger partial charge in [0.1, 0.15) is 10.7 Å². The van der Waals surface area contributed by atoms with Crippen molar-refractivity contribution in [1.82, 2.24) is 19.8 Å². The quantitative estimate of drug-likeness (QED) is 0.676. The van der Waals surface area contributed by atoms with Crippen LogP contribution in [0.1, 0.15) is 50.6 Å². The zero-order valence-corrected chi connectivity index (χ0v) is 18.5. The lowest BCUT2D eigenvalue weighted by molar-refractivity contribution is 0.0621. The fraction of sp³-hybridized carbons (Fsp3) is 0.375. The number of rotatable bonds is 4. The molecule has 1 aliphatic heterocycles. The number of amides is 1. The standard InChI is InChI=1S/C24H26N4O2S/c1-16-21-19(8-5-9-20(21)29)26-22(16)24(30)28-12-10-27(11-13-28)14-18-15-31-23(25-18)17-6-3-2-4-7-17/h2-4,6-7,15,26H,5,8-14H2,1H3. The molecule has 160 valence electrons. The second kappa shape index (κ2) is 8.40. The highest BCUT2D eigenvalue weighted by Crippen LogP contribution is 2.28. The predicted molar refractivity (Wildman–Crippen MR) is 122 cm³/mol. The number of fused-ring (bicyclic) bond motifs is 1. The topological polar surface area (TPSA) is 69.3 Å². The molecule has 0 saturated carbocycles. The highest BCUT2D eigenvalue weighted by atomic mass is 32.1. The lowest BCUT2D eigenvalue weighted by atomic mass is 9.93. The van der Waals surface area contributed by atoms with Gasteiger partial charge in [-0.2, -0.15) is 0 Å². The first-order valence-corrected chi connectivity index (χ1v) is 11.7. The number of H-pyrrole nitrogens is 1. The minimum Gasteiger partial charge on any atom is -0.354 e. The molecule has 5 rings (SSSR count). The lowest BCUT2D eigenvalue weighted by Crippen LogP contribution is -2.48. The molecule has 1 aliphatic carbocycles. The maximum atomic E-state index is 13.1. The average Bonchev–Trinajstić information content (AvgIpc) is 3.40. The van der Waals surface area contributed by atoms with Crippen LogP contribution < -0.4 is 0 Å². The molecular formula is C24H26N4O2S. The number of carbonyl (C=O) groups excluding carboxylic acids is 2. The van der Waals surface area contributed by atoms with Gasteiger partial charge in [0, 0.05) is 61.3 Å². The van der Waals surface area contributed by atoms with Crippen molar-refractivity contribution in [1.29, 1.82) is 0 Å². The third-order valence-corrected chi connectivity index (χ3v) is 7.21. The van der Waals surface area contributed by atoms with E-state index in [2.05, 4.69) is 27.4 Å². The fourth-order valence-corrected chi connectivity index (χ4v) is 5.39. The number of Topliss-reactive ketones (excluding diaryl/α,β-unsaturated/α-hetero) is 1. The first-order chi connectivity index (χ1) is 15.1. The number of aryl methyl sites for hydroxylation is 1. The normalized spacial score (nSPS) is 17.1. The van der Waals surface area contributed by atoms with Crippen LogP contribution in [0.25, 0.3) is 10.6 Å². The van der Waals surface area contributed by atoms with Gasteiger partial charge < -0.3 is 9.88 Å². The van der Waals surface area contributed by atoms with Gasteiger partial charge in [-0.25, -0.2) is 4.98 Å². The second-order valence-corrected chi connectivity index (χ2v) is 9.19. The summed E-state index contributed by atoms with van der Waals surface area (Å²) in [7, 11) is 0. The van der Waals surface area contributed by atoms with E-state index < -0.39 is 0 Å². The van der Waals surface area contributed by atoms with E-state index in [9.17, 15) is 9.59 Å². The number of aromatic nitrogens is 2. The van der Waals surface area contributed by atoms with Gasteiger partial charge >= 0.3 is 0 Å². The Bertz CT molecular complexity index is 1110. The first-order valence-electron chi connectivity index (χ1n) is 10.9. The van der Waals surface area contributed by atoms with E-state index >= 15 is 0 Å². The first kappa shape index (κ1) is 20.2.